The third-order valence-electron chi connectivity index (χ3n) is 3.19. The molecule has 1 heterocycles. The van der Waals surface area contributed by atoms with Gasteiger partial charge >= 0.3 is 0 Å². The van der Waals surface area contributed by atoms with Crippen molar-refractivity contribution in [2.45, 2.75) is 20.0 Å². The summed E-state index contributed by atoms with van der Waals surface area (Å²) in [4.78, 5) is 13.8. The predicted molar refractivity (Wildman–Crippen MR) is 80.0 cm³/mol. The van der Waals surface area contributed by atoms with Gasteiger partial charge in [0.25, 0.3) is 5.91 Å². The molecule has 21 heavy (non-hydrogen) atoms. The molecule has 0 radical (unpaired) electrons. The second-order valence-electron chi connectivity index (χ2n) is 4.73. The van der Waals surface area contributed by atoms with Crippen LogP contribution in [0.25, 0.3) is 0 Å². The molecule has 0 aliphatic carbocycles. The van der Waals surface area contributed by atoms with Gasteiger partial charge in [-0.05, 0) is 35.0 Å². The Labute approximate surface area is 130 Å². The SMILES string of the molecule is CCn1cc(Br)cc1C(=O)N(C)Cc1ccc(F)cc1F. The molecule has 6 heteroatoms. The van der Waals surface area contributed by atoms with Crippen molar-refractivity contribution in [1.29, 1.82) is 0 Å². The van der Waals surface area contributed by atoms with Gasteiger partial charge in [-0.25, -0.2) is 8.78 Å². The molecule has 1 aromatic carbocycles. The Hall–Kier alpha value is -1.69. The van der Waals surface area contributed by atoms with Crippen molar-refractivity contribution in [2.75, 3.05) is 7.05 Å². The summed E-state index contributed by atoms with van der Waals surface area (Å²) >= 11 is 3.33. The van der Waals surface area contributed by atoms with E-state index in [2.05, 4.69) is 15.9 Å². The van der Waals surface area contributed by atoms with E-state index < -0.39 is 11.6 Å². The maximum atomic E-state index is 13.6. The van der Waals surface area contributed by atoms with Crippen LogP contribution in [0.4, 0.5) is 8.78 Å². The van der Waals surface area contributed by atoms with Crippen LogP contribution in [0.2, 0.25) is 0 Å². The first kappa shape index (κ1) is 15.7. The Bertz CT molecular complexity index is 670. The number of carbonyl (C=O) groups is 1. The lowest BCUT2D eigenvalue weighted by atomic mass is 10.2. The van der Waals surface area contributed by atoms with Gasteiger partial charge in [-0.15, -0.1) is 0 Å². The largest absolute Gasteiger partial charge is 0.343 e. The van der Waals surface area contributed by atoms with E-state index >= 15 is 0 Å². The lowest BCUT2D eigenvalue weighted by Gasteiger charge is -2.18. The average molecular weight is 357 g/mol. The highest BCUT2D eigenvalue weighted by Gasteiger charge is 2.18. The highest BCUT2D eigenvalue weighted by molar-refractivity contribution is 9.10. The molecule has 0 bridgehead atoms. The number of aromatic nitrogens is 1. The summed E-state index contributed by atoms with van der Waals surface area (Å²) in [5, 5.41) is 0. The van der Waals surface area contributed by atoms with Crippen molar-refractivity contribution < 1.29 is 13.6 Å². The molecule has 0 aliphatic heterocycles. The fourth-order valence-electron chi connectivity index (χ4n) is 2.09. The molecule has 112 valence electrons. The van der Waals surface area contributed by atoms with Gasteiger partial charge in [0.15, 0.2) is 0 Å². The van der Waals surface area contributed by atoms with Crippen LogP contribution < -0.4 is 0 Å². The number of aryl methyl sites for hydroxylation is 1. The van der Waals surface area contributed by atoms with Crippen LogP contribution in [0.5, 0.6) is 0 Å². The minimum Gasteiger partial charge on any atom is -0.343 e. The van der Waals surface area contributed by atoms with Crippen molar-refractivity contribution in [3.05, 3.63) is 57.8 Å². The molecule has 3 nitrogen and oxygen atoms in total. The third kappa shape index (κ3) is 3.50. The van der Waals surface area contributed by atoms with E-state index in [-0.39, 0.29) is 18.0 Å². The van der Waals surface area contributed by atoms with Crippen molar-refractivity contribution in [3.63, 3.8) is 0 Å². The molecule has 0 fully saturated rings. The number of hydrogen-bond acceptors (Lipinski definition) is 1. The molecule has 2 rings (SSSR count). The van der Waals surface area contributed by atoms with E-state index in [1.54, 1.807) is 13.1 Å². The summed E-state index contributed by atoms with van der Waals surface area (Å²) in [7, 11) is 1.59. The Morgan fingerprint density at radius 1 is 1.33 bits per heavy atom. The molecule has 0 saturated carbocycles. The fourth-order valence-corrected chi connectivity index (χ4v) is 2.55. The van der Waals surface area contributed by atoms with Crippen LogP contribution in [0.15, 0.2) is 34.9 Å². The molecule has 0 unspecified atom stereocenters. The quantitative estimate of drug-likeness (QED) is 0.817. The monoisotopic (exact) mass is 356 g/mol. The number of benzene rings is 1. The van der Waals surface area contributed by atoms with Gasteiger partial charge in [-0.3, -0.25) is 4.79 Å². The van der Waals surface area contributed by atoms with Crippen LogP contribution in [0, 0.1) is 11.6 Å². The first-order valence-electron chi connectivity index (χ1n) is 6.47. The Kier molecular flexibility index (Phi) is 4.77. The summed E-state index contributed by atoms with van der Waals surface area (Å²) in [6.07, 6.45) is 1.82. The van der Waals surface area contributed by atoms with Crippen molar-refractivity contribution in [1.82, 2.24) is 9.47 Å². The molecule has 0 atom stereocenters. The highest BCUT2D eigenvalue weighted by Crippen LogP contribution is 2.18. The Morgan fingerprint density at radius 2 is 2.05 bits per heavy atom. The number of amides is 1. The standard InChI is InChI=1S/C15H15BrF2N2O/c1-3-20-9-11(16)6-14(20)15(21)19(2)8-10-4-5-12(17)7-13(10)18/h4-7,9H,3,8H2,1-2H3. The highest BCUT2D eigenvalue weighted by atomic mass is 79.9. The van der Waals surface area contributed by atoms with Gasteiger partial charge in [0.2, 0.25) is 0 Å². The molecule has 0 N–H and O–H groups in total. The molecular formula is C15H15BrF2N2O. The van der Waals surface area contributed by atoms with Gasteiger partial charge in [0.05, 0.1) is 0 Å². The molecule has 0 spiro atoms. The van der Waals surface area contributed by atoms with Gasteiger partial charge in [0.1, 0.15) is 17.3 Å². The van der Waals surface area contributed by atoms with Crippen LogP contribution in [0.3, 0.4) is 0 Å². The molecule has 0 aliphatic rings. The summed E-state index contributed by atoms with van der Waals surface area (Å²) in [5.41, 5.74) is 0.801. The molecule has 2 aromatic rings. The predicted octanol–water partition coefficient (Wildman–Crippen LogP) is 3.82. The normalized spacial score (nSPS) is 10.7. The molecule has 0 saturated heterocycles. The van der Waals surface area contributed by atoms with Crippen molar-refractivity contribution in [2.24, 2.45) is 0 Å². The summed E-state index contributed by atoms with van der Waals surface area (Å²) in [6.45, 7) is 2.67. The van der Waals surface area contributed by atoms with E-state index in [0.717, 1.165) is 10.5 Å². The van der Waals surface area contributed by atoms with E-state index in [1.165, 1.54) is 17.0 Å². The van der Waals surface area contributed by atoms with Gasteiger partial charge in [0, 0.05) is 42.4 Å². The number of hydrogen-bond donors (Lipinski definition) is 0. The van der Waals surface area contributed by atoms with Crippen LogP contribution in [-0.4, -0.2) is 22.4 Å². The zero-order valence-electron chi connectivity index (χ0n) is 11.7. The maximum absolute atomic E-state index is 13.6. The van der Waals surface area contributed by atoms with E-state index in [9.17, 15) is 13.6 Å². The van der Waals surface area contributed by atoms with Crippen LogP contribution >= 0.6 is 15.9 Å². The first-order chi connectivity index (χ1) is 9.92. The summed E-state index contributed by atoms with van der Waals surface area (Å²) < 4.78 is 29.1. The minimum absolute atomic E-state index is 0.0808. The Balaban J connectivity index is 2.19. The molecule has 1 amide bonds. The number of nitrogens with zero attached hydrogens (tertiary/aromatic N) is 2. The van der Waals surface area contributed by atoms with Crippen molar-refractivity contribution in [3.8, 4) is 0 Å². The number of carbonyl (C=O) groups excluding carboxylic acids is 1. The zero-order chi connectivity index (χ0) is 15.6. The van der Waals surface area contributed by atoms with Gasteiger partial charge in [-0.1, -0.05) is 6.07 Å². The Morgan fingerprint density at radius 3 is 2.67 bits per heavy atom. The maximum Gasteiger partial charge on any atom is 0.270 e. The van der Waals surface area contributed by atoms with E-state index in [4.69, 9.17) is 0 Å². The lowest BCUT2D eigenvalue weighted by Crippen LogP contribution is -2.28. The third-order valence-corrected chi connectivity index (χ3v) is 3.63. The average Bonchev–Trinajstić information content (AvgIpc) is 2.82. The van der Waals surface area contributed by atoms with Crippen LogP contribution in [-0.2, 0) is 13.1 Å². The second kappa shape index (κ2) is 6.39. The zero-order valence-corrected chi connectivity index (χ0v) is 13.3. The first-order valence-corrected chi connectivity index (χ1v) is 7.26. The molecular weight excluding hydrogens is 342 g/mol. The van der Waals surface area contributed by atoms with Gasteiger partial charge < -0.3 is 9.47 Å². The fraction of sp³-hybridized carbons (Fsp3) is 0.267. The summed E-state index contributed by atoms with van der Waals surface area (Å²) in [5.74, 6) is -1.50. The summed E-state index contributed by atoms with van der Waals surface area (Å²) in [6, 6.07) is 5.08. The van der Waals surface area contributed by atoms with E-state index in [0.29, 0.717) is 12.2 Å². The number of halogens is 3. The van der Waals surface area contributed by atoms with Gasteiger partial charge in [-0.2, -0.15) is 0 Å². The second-order valence-corrected chi connectivity index (χ2v) is 5.64. The number of rotatable bonds is 4. The van der Waals surface area contributed by atoms with Crippen molar-refractivity contribution >= 4 is 21.8 Å². The smallest absolute Gasteiger partial charge is 0.270 e. The topological polar surface area (TPSA) is 25.2 Å². The lowest BCUT2D eigenvalue weighted by molar-refractivity contribution is 0.0773. The van der Waals surface area contributed by atoms with E-state index in [1.807, 2.05) is 17.7 Å². The van der Waals surface area contributed by atoms with Crippen LogP contribution in [0.1, 0.15) is 23.0 Å². The minimum atomic E-state index is -0.651. The molecule has 1 aromatic heterocycles.